The molecule has 0 saturated carbocycles. The molecule has 0 spiro atoms. The van der Waals surface area contributed by atoms with E-state index in [0.29, 0.717) is 18.5 Å². The van der Waals surface area contributed by atoms with Crippen LogP contribution < -0.4 is 5.32 Å². The average Bonchev–Trinajstić information content (AvgIpc) is 3.34. The summed E-state index contributed by atoms with van der Waals surface area (Å²) in [4.78, 5) is 30.1. The van der Waals surface area contributed by atoms with Gasteiger partial charge in [-0.05, 0) is 48.0 Å². The van der Waals surface area contributed by atoms with Crippen molar-refractivity contribution in [3.63, 3.8) is 0 Å². The zero-order valence-corrected chi connectivity index (χ0v) is 18.3. The van der Waals surface area contributed by atoms with Gasteiger partial charge in [0.15, 0.2) is 0 Å². The summed E-state index contributed by atoms with van der Waals surface area (Å²) in [7, 11) is 0. The monoisotopic (exact) mass is 473 g/mol. The SMILES string of the molecule is O=C(Nc1ccc(Cc2ncccc2-c2ncnc3c2N=CC3)cc1)c1cccc(C(F)(F)F)c1. The third-order valence-electron chi connectivity index (χ3n) is 5.58. The molecule has 2 aromatic carbocycles. The van der Waals surface area contributed by atoms with E-state index in [-0.39, 0.29) is 5.56 Å². The smallest absolute Gasteiger partial charge is 0.322 e. The summed E-state index contributed by atoms with van der Waals surface area (Å²) in [5.41, 5.74) is 4.53. The highest BCUT2D eigenvalue weighted by atomic mass is 19.4. The van der Waals surface area contributed by atoms with Crippen LogP contribution in [0.5, 0.6) is 0 Å². The molecule has 0 fully saturated rings. The van der Waals surface area contributed by atoms with Crippen molar-refractivity contribution in [2.24, 2.45) is 4.99 Å². The van der Waals surface area contributed by atoms with Crippen molar-refractivity contribution in [1.82, 2.24) is 15.0 Å². The number of hydrogen-bond donors (Lipinski definition) is 1. The van der Waals surface area contributed by atoms with E-state index in [9.17, 15) is 18.0 Å². The first-order valence-electron chi connectivity index (χ1n) is 10.8. The summed E-state index contributed by atoms with van der Waals surface area (Å²) in [5, 5.41) is 2.64. The standard InChI is InChI=1S/C26H18F3N5O/c27-26(28,29)18-4-1-3-17(14-18)25(35)34-19-8-6-16(7-9-19)13-22-20(5-2-11-30-22)23-24-21(10-12-31-24)32-15-33-23/h1-9,11-12,14-15H,10,13H2,(H,34,35). The molecule has 174 valence electrons. The van der Waals surface area contributed by atoms with Crippen LogP contribution in [0.1, 0.15) is 32.9 Å². The van der Waals surface area contributed by atoms with Crippen LogP contribution in [-0.4, -0.2) is 27.1 Å². The topological polar surface area (TPSA) is 80.1 Å². The Morgan fingerprint density at radius 1 is 0.971 bits per heavy atom. The molecule has 0 atom stereocenters. The molecule has 5 rings (SSSR count). The Bertz CT molecular complexity index is 1430. The third kappa shape index (κ3) is 4.79. The Balaban J connectivity index is 1.33. The van der Waals surface area contributed by atoms with E-state index < -0.39 is 17.6 Å². The molecule has 3 heterocycles. The summed E-state index contributed by atoms with van der Waals surface area (Å²) in [6.45, 7) is 0. The molecule has 0 radical (unpaired) electrons. The predicted octanol–water partition coefficient (Wildman–Crippen LogP) is 5.66. The molecule has 2 aromatic heterocycles. The molecule has 1 N–H and O–H groups in total. The average molecular weight is 473 g/mol. The molecule has 0 saturated heterocycles. The maximum Gasteiger partial charge on any atom is 0.416 e. The Kier molecular flexibility index (Phi) is 5.82. The number of rotatable bonds is 5. The molecular weight excluding hydrogens is 455 g/mol. The van der Waals surface area contributed by atoms with E-state index >= 15 is 0 Å². The first kappa shape index (κ1) is 22.4. The Labute approximate surface area is 198 Å². The van der Waals surface area contributed by atoms with E-state index in [0.717, 1.165) is 46.0 Å². The highest BCUT2D eigenvalue weighted by Gasteiger charge is 2.30. The van der Waals surface area contributed by atoms with Gasteiger partial charge < -0.3 is 5.32 Å². The molecule has 9 heteroatoms. The summed E-state index contributed by atoms with van der Waals surface area (Å²) in [6, 6.07) is 15.2. The number of carbonyl (C=O) groups is 1. The molecule has 1 amide bonds. The van der Waals surface area contributed by atoms with Gasteiger partial charge in [-0.25, -0.2) is 9.97 Å². The Morgan fingerprint density at radius 3 is 2.60 bits per heavy atom. The number of halogens is 3. The first-order valence-corrected chi connectivity index (χ1v) is 10.8. The molecule has 35 heavy (non-hydrogen) atoms. The van der Waals surface area contributed by atoms with Crippen LogP contribution in [0.25, 0.3) is 11.3 Å². The molecule has 1 aliphatic heterocycles. The van der Waals surface area contributed by atoms with Gasteiger partial charge in [0.25, 0.3) is 5.91 Å². The summed E-state index contributed by atoms with van der Waals surface area (Å²) in [6.07, 6.45) is 1.73. The van der Waals surface area contributed by atoms with E-state index in [1.807, 2.05) is 30.5 Å². The number of alkyl halides is 3. The van der Waals surface area contributed by atoms with Crippen LogP contribution in [-0.2, 0) is 19.0 Å². The summed E-state index contributed by atoms with van der Waals surface area (Å²) < 4.78 is 38.8. The quantitative estimate of drug-likeness (QED) is 0.406. The van der Waals surface area contributed by atoms with Crippen molar-refractivity contribution in [1.29, 1.82) is 0 Å². The number of carbonyl (C=O) groups excluding carboxylic acids is 1. The predicted molar refractivity (Wildman–Crippen MR) is 126 cm³/mol. The second-order valence-corrected chi connectivity index (χ2v) is 7.94. The lowest BCUT2D eigenvalue weighted by molar-refractivity contribution is -0.137. The molecule has 1 aliphatic rings. The van der Waals surface area contributed by atoms with Gasteiger partial charge in [-0.2, -0.15) is 13.2 Å². The zero-order valence-electron chi connectivity index (χ0n) is 18.3. The Hall–Kier alpha value is -4.40. The minimum Gasteiger partial charge on any atom is -0.322 e. The summed E-state index contributed by atoms with van der Waals surface area (Å²) in [5.74, 6) is -0.617. The largest absolute Gasteiger partial charge is 0.416 e. The molecule has 0 bridgehead atoms. The van der Waals surface area contributed by atoms with Gasteiger partial charge in [0.1, 0.15) is 17.7 Å². The number of nitrogens with zero attached hydrogens (tertiary/aromatic N) is 4. The van der Waals surface area contributed by atoms with Crippen LogP contribution in [0, 0.1) is 0 Å². The number of benzene rings is 2. The van der Waals surface area contributed by atoms with Crippen LogP contribution in [0.2, 0.25) is 0 Å². The fourth-order valence-electron chi connectivity index (χ4n) is 3.85. The number of pyridine rings is 1. The molecule has 0 aliphatic carbocycles. The van der Waals surface area contributed by atoms with Gasteiger partial charge in [-0.3, -0.25) is 14.8 Å². The number of amides is 1. The minimum absolute atomic E-state index is 0.0675. The number of hydrogen-bond acceptors (Lipinski definition) is 5. The van der Waals surface area contributed by atoms with Gasteiger partial charge in [0.05, 0.1) is 17.0 Å². The van der Waals surface area contributed by atoms with Crippen LogP contribution >= 0.6 is 0 Å². The van der Waals surface area contributed by atoms with Crippen molar-refractivity contribution < 1.29 is 18.0 Å². The highest BCUT2D eigenvalue weighted by molar-refractivity contribution is 6.04. The van der Waals surface area contributed by atoms with Gasteiger partial charge in [0, 0.05) is 42.1 Å². The number of aromatic nitrogens is 3. The van der Waals surface area contributed by atoms with Crippen molar-refractivity contribution >= 4 is 23.5 Å². The zero-order chi connectivity index (χ0) is 24.4. The third-order valence-corrected chi connectivity index (χ3v) is 5.58. The maximum atomic E-state index is 12.9. The highest BCUT2D eigenvalue weighted by Crippen LogP contribution is 2.35. The van der Waals surface area contributed by atoms with Gasteiger partial charge in [0.2, 0.25) is 0 Å². The number of aliphatic imine (C=N–C) groups is 1. The van der Waals surface area contributed by atoms with Gasteiger partial charge in [-0.1, -0.05) is 18.2 Å². The van der Waals surface area contributed by atoms with Crippen molar-refractivity contribution in [3.8, 4) is 11.3 Å². The second kappa shape index (κ2) is 9.09. The normalized spacial score (nSPS) is 12.4. The lowest BCUT2D eigenvalue weighted by atomic mass is 10.0. The van der Waals surface area contributed by atoms with Gasteiger partial charge in [-0.15, -0.1) is 0 Å². The maximum absolute atomic E-state index is 12.9. The van der Waals surface area contributed by atoms with Crippen molar-refractivity contribution in [2.75, 3.05) is 5.32 Å². The van der Waals surface area contributed by atoms with E-state index in [2.05, 4.69) is 25.3 Å². The summed E-state index contributed by atoms with van der Waals surface area (Å²) >= 11 is 0. The number of fused-ring (bicyclic) bond motifs is 1. The number of nitrogens with one attached hydrogen (secondary N) is 1. The molecule has 4 aromatic rings. The van der Waals surface area contributed by atoms with Crippen LogP contribution in [0.4, 0.5) is 24.5 Å². The second-order valence-electron chi connectivity index (χ2n) is 7.94. The van der Waals surface area contributed by atoms with E-state index in [1.54, 1.807) is 18.3 Å². The van der Waals surface area contributed by atoms with Crippen molar-refractivity contribution in [2.45, 2.75) is 19.0 Å². The lowest BCUT2D eigenvalue weighted by Gasteiger charge is -2.11. The fourth-order valence-corrected chi connectivity index (χ4v) is 3.85. The van der Waals surface area contributed by atoms with Crippen LogP contribution in [0.15, 0.2) is 78.2 Å². The van der Waals surface area contributed by atoms with E-state index in [4.69, 9.17) is 0 Å². The van der Waals surface area contributed by atoms with Crippen molar-refractivity contribution in [3.05, 3.63) is 101 Å². The van der Waals surface area contributed by atoms with E-state index in [1.165, 1.54) is 18.5 Å². The van der Waals surface area contributed by atoms with Crippen LogP contribution in [0.3, 0.4) is 0 Å². The van der Waals surface area contributed by atoms with Gasteiger partial charge >= 0.3 is 6.18 Å². The minimum atomic E-state index is -4.51. The molecule has 6 nitrogen and oxygen atoms in total. The number of anilines is 1. The lowest BCUT2D eigenvalue weighted by Crippen LogP contribution is -2.14. The fraction of sp³-hybridized carbons (Fsp3) is 0.115. The molecule has 0 unspecified atom stereocenters. The Morgan fingerprint density at radius 2 is 1.80 bits per heavy atom. The molecular formula is C26H18F3N5O. The first-order chi connectivity index (χ1) is 16.9.